The number of nitrogens with zero attached hydrogens (tertiary/aromatic N) is 2. The van der Waals surface area contributed by atoms with Gasteiger partial charge in [0.2, 0.25) is 17.7 Å². The average Bonchev–Trinajstić information content (AvgIpc) is 3.24. The fraction of sp³-hybridized carbons (Fsp3) is 0.444. The van der Waals surface area contributed by atoms with Crippen LogP contribution in [0.1, 0.15) is 43.7 Å². The molecule has 2 heterocycles. The zero-order valence-corrected chi connectivity index (χ0v) is 19.5. The summed E-state index contributed by atoms with van der Waals surface area (Å²) in [6.45, 7) is 5.36. The number of benzene rings is 2. The van der Waals surface area contributed by atoms with Crippen LogP contribution in [0.25, 0.3) is 11.1 Å². The lowest BCUT2D eigenvalue weighted by molar-refractivity contribution is -0.147. The van der Waals surface area contributed by atoms with Gasteiger partial charge < -0.3 is 15.5 Å². The molecule has 6 heteroatoms. The van der Waals surface area contributed by atoms with E-state index in [4.69, 9.17) is 5.73 Å². The molecule has 0 radical (unpaired) electrons. The minimum atomic E-state index is -0.812. The molecule has 2 aliphatic rings. The Balaban J connectivity index is 1.55. The van der Waals surface area contributed by atoms with Crippen molar-refractivity contribution in [1.29, 1.82) is 0 Å². The van der Waals surface area contributed by atoms with Crippen LogP contribution in [-0.2, 0) is 20.8 Å². The molecule has 0 aromatic heterocycles. The van der Waals surface area contributed by atoms with E-state index in [1.54, 1.807) is 16.7 Å². The van der Waals surface area contributed by atoms with Crippen LogP contribution in [0.3, 0.4) is 0 Å². The summed E-state index contributed by atoms with van der Waals surface area (Å²) in [6, 6.07) is 16.0. The highest BCUT2D eigenvalue weighted by Crippen LogP contribution is 2.35. The van der Waals surface area contributed by atoms with Gasteiger partial charge in [-0.25, -0.2) is 0 Å². The second-order valence-electron chi connectivity index (χ2n) is 9.62. The number of rotatable bonds is 6. The number of hydrogen-bond donors (Lipinski definition) is 1. The zero-order valence-electron chi connectivity index (χ0n) is 19.5. The summed E-state index contributed by atoms with van der Waals surface area (Å²) in [4.78, 5) is 41.5. The Hall–Kier alpha value is -3.15. The second-order valence-corrected chi connectivity index (χ2v) is 9.62. The molecule has 4 rings (SSSR count). The highest BCUT2D eigenvalue weighted by Gasteiger charge is 2.44. The second kappa shape index (κ2) is 9.38. The Bertz CT molecular complexity index is 1070. The first-order valence-corrected chi connectivity index (χ1v) is 11.8. The summed E-state index contributed by atoms with van der Waals surface area (Å²) in [5, 5.41) is 0. The summed E-state index contributed by atoms with van der Waals surface area (Å²) >= 11 is 0. The van der Waals surface area contributed by atoms with Crippen LogP contribution < -0.4 is 5.73 Å². The highest BCUT2D eigenvalue weighted by atomic mass is 16.2. The number of hydrogen-bond acceptors (Lipinski definition) is 3. The van der Waals surface area contributed by atoms with Crippen molar-refractivity contribution in [2.45, 2.75) is 52.0 Å². The molecule has 2 fully saturated rings. The maximum absolute atomic E-state index is 13.2. The molecule has 0 spiro atoms. The number of likely N-dealkylation sites (tertiary alicyclic amines) is 2. The number of aryl methyl sites for hydroxylation is 1. The van der Waals surface area contributed by atoms with Gasteiger partial charge in [0.15, 0.2) is 0 Å². The highest BCUT2D eigenvalue weighted by molar-refractivity contribution is 5.89. The number of carbonyl (C=O) groups is 3. The van der Waals surface area contributed by atoms with Crippen LogP contribution in [-0.4, -0.2) is 53.2 Å². The maximum Gasteiger partial charge on any atom is 0.245 e. The van der Waals surface area contributed by atoms with Gasteiger partial charge in [0.25, 0.3) is 0 Å². The third kappa shape index (κ3) is 4.80. The third-order valence-corrected chi connectivity index (χ3v) is 7.17. The van der Waals surface area contributed by atoms with Crippen molar-refractivity contribution < 1.29 is 14.4 Å². The minimum Gasteiger partial charge on any atom is -0.369 e. The number of carbonyl (C=O) groups excluding carboxylic acids is 3. The van der Waals surface area contributed by atoms with Gasteiger partial charge in [-0.1, -0.05) is 54.1 Å². The molecule has 6 nitrogen and oxygen atoms in total. The van der Waals surface area contributed by atoms with Crippen molar-refractivity contribution in [3.63, 3.8) is 0 Å². The van der Waals surface area contributed by atoms with Crippen molar-refractivity contribution in [2.24, 2.45) is 11.1 Å². The molecule has 2 atom stereocenters. The molecule has 2 aromatic carbocycles. The summed E-state index contributed by atoms with van der Waals surface area (Å²) < 4.78 is 0. The summed E-state index contributed by atoms with van der Waals surface area (Å²) in [6.07, 6.45) is 3.15. The fourth-order valence-electron chi connectivity index (χ4n) is 5.30. The maximum atomic E-state index is 13.2. The van der Waals surface area contributed by atoms with Crippen molar-refractivity contribution in [2.75, 3.05) is 19.6 Å². The summed E-state index contributed by atoms with van der Waals surface area (Å²) in [7, 11) is 0. The number of primary amides is 1. The minimum absolute atomic E-state index is 0.0296. The van der Waals surface area contributed by atoms with Crippen molar-refractivity contribution in [3.8, 4) is 11.1 Å². The van der Waals surface area contributed by atoms with Gasteiger partial charge in [-0.3, -0.25) is 14.4 Å². The van der Waals surface area contributed by atoms with E-state index in [0.717, 1.165) is 23.1 Å². The van der Waals surface area contributed by atoms with E-state index < -0.39 is 11.5 Å². The lowest BCUT2D eigenvalue weighted by atomic mass is 9.74. The van der Waals surface area contributed by atoms with E-state index in [2.05, 4.69) is 37.3 Å². The van der Waals surface area contributed by atoms with E-state index in [1.807, 2.05) is 18.2 Å². The molecule has 2 aromatic rings. The molecular weight excluding hydrogens is 414 g/mol. The zero-order chi connectivity index (χ0) is 23.6. The third-order valence-electron chi connectivity index (χ3n) is 7.17. The first-order chi connectivity index (χ1) is 15.8. The number of piperidine rings is 1. The Morgan fingerprint density at radius 1 is 1.06 bits per heavy atom. The fourth-order valence-corrected chi connectivity index (χ4v) is 5.30. The van der Waals surface area contributed by atoms with E-state index in [1.165, 1.54) is 5.56 Å². The quantitative estimate of drug-likeness (QED) is 0.737. The largest absolute Gasteiger partial charge is 0.369 e. The van der Waals surface area contributed by atoms with Gasteiger partial charge >= 0.3 is 0 Å². The van der Waals surface area contributed by atoms with Crippen LogP contribution in [0.15, 0.2) is 48.5 Å². The van der Waals surface area contributed by atoms with Crippen LogP contribution in [0, 0.1) is 12.3 Å². The van der Waals surface area contributed by atoms with Gasteiger partial charge in [0, 0.05) is 26.1 Å². The van der Waals surface area contributed by atoms with Gasteiger partial charge in [-0.05, 0) is 56.2 Å². The molecule has 0 aliphatic carbocycles. The predicted octanol–water partition coefficient (Wildman–Crippen LogP) is 3.31. The van der Waals surface area contributed by atoms with Gasteiger partial charge in [-0.15, -0.1) is 0 Å². The predicted molar refractivity (Wildman–Crippen MR) is 128 cm³/mol. The van der Waals surface area contributed by atoms with Gasteiger partial charge in [-0.2, -0.15) is 0 Å². The molecule has 2 unspecified atom stereocenters. The number of nitrogens with two attached hydrogens (primary N) is 1. The topological polar surface area (TPSA) is 83.7 Å². The average molecular weight is 448 g/mol. The lowest BCUT2D eigenvalue weighted by Gasteiger charge is -2.42. The molecule has 0 bridgehead atoms. The molecule has 3 amide bonds. The summed E-state index contributed by atoms with van der Waals surface area (Å²) in [5.74, 6) is -0.433. The molecule has 2 N–H and O–H groups in total. The normalized spacial score (nSPS) is 21.8. The first kappa shape index (κ1) is 23.0. The molecular formula is C27H33N3O3. The standard InChI is InChI=1S/C27H33N3O3/c1-19-7-3-9-22(15-19)23-10-4-8-21(16-23)17-27(26(28)33)12-6-13-29(18-27)25(32)20(2)30-14-5-11-24(30)31/h3-4,7-10,15-16,20H,5-6,11-14,17-18H2,1-2H3,(H2,28,33). The van der Waals surface area contributed by atoms with Crippen molar-refractivity contribution in [3.05, 3.63) is 59.7 Å². The van der Waals surface area contributed by atoms with Crippen LogP contribution in [0.5, 0.6) is 0 Å². The van der Waals surface area contributed by atoms with E-state index in [-0.39, 0.29) is 17.7 Å². The van der Waals surface area contributed by atoms with Crippen LogP contribution in [0.4, 0.5) is 0 Å². The Kier molecular flexibility index (Phi) is 6.54. The first-order valence-electron chi connectivity index (χ1n) is 11.8. The monoisotopic (exact) mass is 447 g/mol. The molecule has 2 saturated heterocycles. The molecule has 33 heavy (non-hydrogen) atoms. The van der Waals surface area contributed by atoms with Crippen LogP contribution >= 0.6 is 0 Å². The van der Waals surface area contributed by atoms with E-state index in [0.29, 0.717) is 45.3 Å². The van der Waals surface area contributed by atoms with Crippen molar-refractivity contribution >= 4 is 17.7 Å². The van der Waals surface area contributed by atoms with Crippen LogP contribution in [0.2, 0.25) is 0 Å². The lowest BCUT2D eigenvalue weighted by Crippen LogP contribution is -2.56. The molecule has 2 aliphatic heterocycles. The van der Waals surface area contributed by atoms with E-state index >= 15 is 0 Å². The van der Waals surface area contributed by atoms with E-state index in [9.17, 15) is 14.4 Å². The Morgan fingerprint density at radius 3 is 2.45 bits per heavy atom. The Labute approximate surface area is 195 Å². The Morgan fingerprint density at radius 2 is 1.79 bits per heavy atom. The number of amides is 3. The van der Waals surface area contributed by atoms with Gasteiger partial charge in [0.1, 0.15) is 6.04 Å². The molecule has 174 valence electrons. The molecule has 0 saturated carbocycles. The smallest absolute Gasteiger partial charge is 0.245 e. The SMILES string of the molecule is Cc1cccc(-c2cccc(CC3(C(N)=O)CCCN(C(=O)C(C)N4CCCC4=O)C3)c2)c1. The summed E-state index contributed by atoms with van der Waals surface area (Å²) in [5.41, 5.74) is 9.61. The van der Waals surface area contributed by atoms with Gasteiger partial charge in [0.05, 0.1) is 5.41 Å². The van der Waals surface area contributed by atoms with Crippen molar-refractivity contribution in [1.82, 2.24) is 9.80 Å².